The van der Waals surface area contributed by atoms with E-state index in [2.05, 4.69) is 10.6 Å². The molecule has 1 heterocycles. The van der Waals surface area contributed by atoms with Crippen molar-refractivity contribution >= 4 is 44.8 Å². The third kappa shape index (κ3) is 5.26. The molecule has 2 N–H and O–H groups in total. The summed E-state index contributed by atoms with van der Waals surface area (Å²) >= 11 is 6.24. The fourth-order valence-corrected chi connectivity index (χ4v) is 5.61. The number of halogens is 1. The first-order valence-electron chi connectivity index (χ1n) is 10.1. The van der Waals surface area contributed by atoms with Crippen LogP contribution >= 0.6 is 11.6 Å². The molecule has 1 fully saturated rings. The minimum atomic E-state index is -3.70. The summed E-state index contributed by atoms with van der Waals surface area (Å²) in [5, 5.41) is 5.59. The fourth-order valence-electron chi connectivity index (χ4n) is 3.66. The van der Waals surface area contributed by atoms with Crippen molar-refractivity contribution in [2.24, 2.45) is 0 Å². The van der Waals surface area contributed by atoms with Gasteiger partial charge in [-0.2, -0.15) is 4.31 Å². The van der Waals surface area contributed by atoms with E-state index in [1.165, 1.54) is 29.4 Å². The quantitative estimate of drug-likeness (QED) is 0.685. The normalized spacial score (nSPS) is 17.2. The lowest BCUT2D eigenvalue weighted by Crippen LogP contribution is -2.42. The Morgan fingerprint density at radius 1 is 1.10 bits per heavy atom. The summed E-state index contributed by atoms with van der Waals surface area (Å²) in [5.74, 6) is -0.694. The van der Waals surface area contributed by atoms with Gasteiger partial charge in [-0.05, 0) is 62.6 Å². The minimum absolute atomic E-state index is 0.0711. The molecule has 9 heteroatoms. The summed E-state index contributed by atoms with van der Waals surface area (Å²) in [6.45, 7) is 5.52. The number of aryl methyl sites for hydroxylation is 1. The molecule has 3 rings (SSSR count). The number of rotatable bonds is 5. The van der Waals surface area contributed by atoms with Gasteiger partial charge in [0.15, 0.2) is 0 Å². The molecule has 7 nitrogen and oxygen atoms in total. The van der Waals surface area contributed by atoms with Crippen LogP contribution in [0.4, 0.5) is 11.4 Å². The van der Waals surface area contributed by atoms with Crippen LogP contribution in [0.1, 0.15) is 49.0 Å². The van der Waals surface area contributed by atoms with Gasteiger partial charge in [-0.25, -0.2) is 8.42 Å². The molecular formula is C22H26ClN3O4S. The number of nitrogens with one attached hydrogen (secondary N) is 2. The first kappa shape index (κ1) is 23.2. The zero-order valence-electron chi connectivity index (χ0n) is 17.7. The van der Waals surface area contributed by atoms with Crippen LogP contribution in [0.2, 0.25) is 5.02 Å². The Hall–Kier alpha value is -2.42. The van der Waals surface area contributed by atoms with E-state index in [0.29, 0.717) is 23.5 Å². The van der Waals surface area contributed by atoms with Crippen LogP contribution in [0.5, 0.6) is 0 Å². The van der Waals surface area contributed by atoms with Gasteiger partial charge in [-0.15, -0.1) is 0 Å². The topological polar surface area (TPSA) is 95.6 Å². The zero-order valence-corrected chi connectivity index (χ0v) is 19.3. The van der Waals surface area contributed by atoms with E-state index in [0.717, 1.165) is 19.3 Å². The van der Waals surface area contributed by atoms with Crippen molar-refractivity contribution in [2.45, 2.75) is 51.0 Å². The Morgan fingerprint density at radius 2 is 1.84 bits per heavy atom. The van der Waals surface area contributed by atoms with E-state index in [-0.39, 0.29) is 27.4 Å². The van der Waals surface area contributed by atoms with Crippen LogP contribution in [0, 0.1) is 6.92 Å². The van der Waals surface area contributed by atoms with E-state index < -0.39 is 15.9 Å². The lowest BCUT2D eigenvalue weighted by Gasteiger charge is -2.32. The van der Waals surface area contributed by atoms with E-state index >= 15 is 0 Å². The van der Waals surface area contributed by atoms with Crippen LogP contribution in [-0.4, -0.2) is 37.1 Å². The van der Waals surface area contributed by atoms with Crippen LogP contribution in [-0.2, 0) is 14.8 Å². The highest BCUT2D eigenvalue weighted by molar-refractivity contribution is 7.89. The maximum atomic E-state index is 13.2. The van der Waals surface area contributed by atoms with Crippen molar-refractivity contribution in [1.29, 1.82) is 0 Å². The summed E-state index contributed by atoms with van der Waals surface area (Å²) in [7, 11) is -3.70. The van der Waals surface area contributed by atoms with Gasteiger partial charge < -0.3 is 10.6 Å². The van der Waals surface area contributed by atoms with Crippen molar-refractivity contribution in [3.63, 3.8) is 0 Å². The maximum Gasteiger partial charge on any atom is 0.256 e. The van der Waals surface area contributed by atoms with E-state index in [1.807, 2.05) is 6.92 Å². The van der Waals surface area contributed by atoms with Crippen LogP contribution in [0.3, 0.4) is 0 Å². The Labute approximate surface area is 187 Å². The highest BCUT2D eigenvalue weighted by atomic mass is 35.5. The van der Waals surface area contributed by atoms with Gasteiger partial charge in [0.05, 0.1) is 15.6 Å². The second-order valence-corrected chi connectivity index (χ2v) is 10.1. The number of carbonyl (C=O) groups excluding carboxylic acids is 2. The average Bonchev–Trinajstić information content (AvgIpc) is 2.70. The van der Waals surface area contributed by atoms with Crippen molar-refractivity contribution in [3.05, 3.63) is 52.5 Å². The molecule has 0 aliphatic carbocycles. The monoisotopic (exact) mass is 463 g/mol. The molecule has 1 saturated heterocycles. The van der Waals surface area contributed by atoms with E-state index in [4.69, 9.17) is 11.6 Å². The van der Waals surface area contributed by atoms with Gasteiger partial charge in [0, 0.05) is 30.8 Å². The lowest BCUT2D eigenvalue weighted by molar-refractivity contribution is -0.114. The third-order valence-corrected chi connectivity index (χ3v) is 7.66. The Morgan fingerprint density at radius 3 is 2.48 bits per heavy atom. The molecule has 1 aliphatic heterocycles. The standard InChI is InChI=1S/C22H26ClN3O4S/c1-14-7-9-18(31(29,30)26-11-5-4-6-15(26)2)13-19(14)22(28)25-21-10-8-17(12-20(21)23)24-16(3)27/h7-10,12-13,15H,4-6,11H2,1-3H3,(H,24,27)(H,25,28). The first-order valence-corrected chi connectivity index (χ1v) is 11.9. The van der Waals surface area contributed by atoms with Crippen molar-refractivity contribution < 1.29 is 18.0 Å². The molecule has 31 heavy (non-hydrogen) atoms. The number of anilines is 2. The first-order chi connectivity index (χ1) is 14.6. The molecular weight excluding hydrogens is 438 g/mol. The summed E-state index contributed by atoms with van der Waals surface area (Å²) < 4.78 is 27.8. The van der Waals surface area contributed by atoms with Gasteiger partial charge >= 0.3 is 0 Å². The molecule has 0 aromatic heterocycles. The van der Waals surface area contributed by atoms with Gasteiger partial charge in [0.25, 0.3) is 5.91 Å². The number of sulfonamides is 1. The fraction of sp³-hybridized carbons (Fsp3) is 0.364. The third-order valence-electron chi connectivity index (χ3n) is 5.34. The van der Waals surface area contributed by atoms with Crippen LogP contribution in [0.15, 0.2) is 41.3 Å². The molecule has 0 bridgehead atoms. The van der Waals surface area contributed by atoms with E-state index in [9.17, 15) is 18.0 Å². The number of hydrogen-bond acceptors (Lipinski definition) is 4. The molecule has 1 unspecified atom stereocenters. The minimum Gasteiger partial charge on any atom is -0.326 e. The summed E-state index contributed by atoms with van der Waals surface area (Å²) in [4.78, 5) is 24.2. The molecule has 1 atom stereocenters. The Kier molecular flexibility index (Phi) is 7.03. The Balaban J connectivity index is 1.86. The Bertz CT molecular complexity index is 1120. The van der Waals surface area contributed by atoms with Crippen molar-refractivity contribution in [1.82, 2.24) is 4.31 Å². The predicted molar refractivity (Wildman–Crippen MR) is 122 cm³/mol. The molecule has 2 aromatic rings. The molecule has 1 aliphatic rings. The highest BCUT2D eigenvalue weighted by Crippen LogP contribution is 2.29. The zero-order chi connectivity index (χ0) is 22.8. The lowest BCUT2D eigenvalue weighted by atomic mass is 10.1. The second-order valence-electron chi connectivity index (χ2n) is 7.77. The van der Waals surface area contributed by atoms with Gasteiger partial charge in [-0.3, -0.25) is 9.59 Å². The van der Waals surface area contributed by atoms with Gasteiger partial charge in [-0.1, -0.05) is 24.1 Å². The summed E-state index contributed by atoms with van der Waals surface area (Å²) in [5.41, 5.74) is 1.77. The summed E-state index contributed by atoms with van der Waals surface area (Å²) in [6.07, 6.45) is 2.66. The number of amides is 2. The van der Waals surface area contributed by atoms with E-state index in [1.54, 1.807) is 25.1 Å². The molecule has 2 aromatic carbocycles. The number of nitrogens with zero attached hydrogens (tertiary/aromatic N) is 1. The number of benzene rings is 2. The van der Waals surface area contributed by atoms with Gasteiger partial charge in [0.2, 0.25) is 15.9 Å². The molecule has 0 saturated carbocycles. The van der Waals surface area contributed by atoms with Gasteiger partial charge in [0.1, 0.15) is 0 Å². The molecule has 166 valence electrons. The smallest absolute Gasteiger partial charge is 0.256 e. The number of carbonyl (C=O) groups is 2. The molecule has 0 spiro atoms. The number of piperidine rings is 1. The number of hydrogen-bond donors (Lipinski definition) is 2. The highest BCUT2D eigenvalue weighted by Gasteiger charge is 2.31. The maximum absolute atomic E-state index is 13.2. The molecule has 2 amide bonds. The predicted octanol–water partition coefficient (Wildman–Crippen LogP) is 4.42. The molecule has 0 radical (unpaired) electrons. The second kappa shape index (κ2) is 9.38. The van der Waals surface area contributed by atoms with Crippen LogP contribution < -0.4 is 10.6 Å². The average molecular weight is 464 g/mol. The van der Waals surface area contributed by atoms with Crippen molar-refractivity contribution in [2.75, 3.05) is 17.2 Å². The SMILES string of the molecule is CC(=O)Nc1ccc(NC(=O)c2cc(S(=O)(=O)N3CCCCC3C)ccc2C)c(Cl)c1. The van der Waals surface area contributed by atoms with Crippen LogP contribution in [0.25, 0.3) is 0 Å². The summed E-state index contributed by atoms with van der Waals surface area (Å²) in [6, 6.07) is 9.25. The van der Waals surface area contributed by atoms with Crippen molar-refractivity contribution in [3.8, 4) is 0 Å². The largest absolute Gasteiger partial charge is 0.326 e.